The molecule has 1 fully saturated rings. The fourth-order valence-corrected chi connectivity index (χ4v) is 2.76. The molecule has 1 aliphatic heterocycles. The van der Waals surface area contributed by atoms with Gasteiger partial charge < -0.3 is 19.0 Å². The number of anilines is 1. The number of benzene rings is 1. The zero-order valence-electron chi connectivity index (χ0n) is 14.1. The summed E-state index contributed by atoms with van der Waals surface area (Å²) >= 11 is 0. The van der Waals surface area contributed by atoms with E-state index >= 15 is 0 Å². The Balaban J connectivity index is 1.46. The summed E-state index contributed by atoms with van der Waals surface area (Å²) in [6.45, 7) is 4.58. The maximum absolute atomic E-state index is 12.4. The van der Waals surface area contributed by atoms with Crippen LogP contribution >= 0.6 is 0 Å². The highest BCUT2D eigenvalue weighted by Crippen LogP contribution is 2.16. The molecule has 1 aromatic heterocycles. The van der Waals surface area contributed by atoms with Crippen molar-refractivity contribution in [3.05, 3.63) is 35.7 Å². The predicted molar refractivity (Wildman–Crippen MR) is 89.1 cm³/mol. The van der Waals surface area contributed by atoms with Crippen LogP contribution in [0.4, 0.5) is 6.01 Å². The van der Waals surface area contributed by atoms with Crippen LogP contribution in [0.3, 0.4) is 0 Å². The Labute approximate surface area is 141 Å². The van der Waals surface area contributed by atoms with Crippen molar-refractivity contribution in [1.82, 2.24) is 15.1 Å². The van der Waals surface area contributed by atoms with E-state index in [0.717, 1.165) is 30.8 Å². The van der Waals surface area contributed by atoms with Gasteiger partial charge in [-0.3, -0.25) is 4.79 Å². The van der Waals surface area contributed by atoms with E-state index in [1.54, 1.807) is 14.0 Å². The van der Waals surface area contributed by atoms with Crippen LogP contribution in [0.25, 0.3) is 0 Å². The number of nitrogens with zero attached hydrogens (tertiary/aromatic N) is 4. The lowest BCUT2D eigenvalue weighted by Crippen LogP contribution is -2.49. The van der Waals surface area contributed by atoms with Crippen molar-refractivity contribution in [2.75, 3.05) is 38.2 Å². The van der Waals surface area contributed by atoms with Crippen molar-refractivity contribution >= 4 is 11.9 Å². The highest BCUT2D eigenvalue weighted by atomic mass is 16.5. The van der Waals surface area contributed by atoms with Crippen LogP contribution in [-0.4, -0.2) is 54.3 Å². The fraction of sp³-hybridized carbons (Fsp3) is 0.471. The Bertz CT molecular complexity index is 675. The molecule has 0 spiro atoms. The fourth-order valence-electron chi connectivity index (χ4n) is 2.76. The minimum absolute atomic E-state index is 0.187. The van der Waals surface area contributed by atoms with Crippen molar-refractivity contribution in [1.29, 1.82) is 0 Å². The van der Waals surface area contributed by atoms with E-state index in [4.69, 9.17) is 9.15 Å². The largest absolute Gasteiger partial charge is 0.497 e. The van der Waals surface area contributed by atoms with Crippen LogP contribution < -0.4 is 9.64 Å². The minimum atomic E-state index is 0.187. The van der Waals surface area contributed by atoms with Crippen LogP contribution in [0.5, 0.6) is 5.75 Å². The molecule has 3 rings (SSSR count). The van der Waals surface area contributed by atoms with Gasteiger partial charge in [-0.1, -0.05) is 17.2 Å². The topological polar surface area (TPSA) is 71.7 Å². The lowest BCUT2D eigenvalue weighted by molar-refractivity contribution is -0.131. The van der Waals surface area contributed by atoms with Crippen LogP contribution in [0.1, 0.15) is 17.9 Å². The van der Waals surface area contributed by atoms with E-state index in [0.29, 0.717) is 31.4 Å². The zero-order chi connectivity index (χ0) is 16.9. The molecule has 0 aliphatic carbocycles. The van der Waals surface area contributed by atoms with Gasteiger partial charge in [0.2, 0.25) is 11.8 Å². The average Bonchev–Trinajstić information content (AvgIpc) is 3.06. The third-order valence-electron chi connectivity index (χ3n) is 4.20. The van der Waals surface area contributed by atoms with E-state index in [2.05, 4.69) is 10.2 Å². The van der Waals surface area contributed by atoms with E-state index in [1.165, 1.54) is 0 Å². The first-order valence-electron chi connectivity index (χ1n) is 8.11. The third-order valence-corrected chi connectivity index (χ3v) is 4.20. The first-order chi connectivity index (χ1) is 11.7. The number of aromatic nitrogens is 2. The van der Waals surface area contributed by atoms with Gasteiger partial charge in [-0.2, -0.15) is 0 Å². The smallest absolute Gasteiger partial charge is 0.318 e. The SMILES string of the molecule is COc1ccc(CCC(=O)N2CCN(c3nnc(C)o3)CC2)cc1. The molecule has 7 heteroatoms. The number of methoxy groups -OCH3 is 1. The maximum Gasteiger partial charge on any atom is 0.318 e. The summed E-state index contributed by atoms with van der Waals surface area (Å²) in [5.41, 5.74) is 1.14. The number of carbonyl (C=O) groups excluding carboxylic acids is 1. The summed E-state index contributed by atoms with van der Waals surface area (Å²) in [5.74, 6) is 1.58. The summed E-state index contributed by atoms with van der Waals surface area (Å²) in [6, 6.07) is 8.39. The molecule has 0 unspecified atom stereocenters. The Morgan fingerprint density at radius 3 is 2.46 bits per heavy atom. The standard InChI is InChI=1S/C17H22N4O3/c1-13-18-19-17(24-13)21-11-9-20(10-12-21)16(22)8-5-14-3-6-15(23-2)7-4-14/h3-4,6-7H,5,8-12H2,1-2H3. The average molecular weight is 330 g/mol. The molecule has 1 saturated heterocycles. The first kappa shape index (κ1) is 16.3. The molecule has 2 heterocycles. The highest BCUT2D eigenvalue weighted by molar-refractivity contribution is 5.76. The number of aryl methyl sites for hydroxylation is 2. The van der Waals surface area contributed by atoms with Crippen molar-refractivity contribution in [3.63, 3.8) is 0 Å². The lowest BCUT2D eigenvalue weighted by Gasteiger charge is -2.33. The number of ether oxygens (including phenoxy) is 1. The summed E-state index contributed by atoms with van der Waals surface area (Å²) in [4.78, 5) is 16.3. The molecule has 1 aromatic carbocycles. The number of rotatable bonds is 5. The van der Waals surface area contributed by atoms with Crippen LogP contribution in [0.15, 0.2) is 28.7 Å². The van der Waals surface area contributed by atoms with Crippen LogP contribution in [-0.2, 0) is 11.2 Å². The van der Waals surface area contributed by atoms with Crippen LogP contribution in [0, 0.1) is 6.92 Å². The summed E-state index contributed by atoms with van der Waals surface area (Å²) in [7, 11) is 1.65. The molecule has 1 amide bonds. The Morgan fingerprint density at radius 1 is 1.17 bits per heavy atom. The number of amides is 1. The second kappa shape index (κ2) is 7.33. The second-order valence-electron chi connectivity index (χ2n) is 5.82. The molecule has 2 aromatic rings. The Morgan fingerprint density at radius 2 is 1.88 bits per heavy atom. The van der Waals surface area contributed by atoms with Crippen molar-refractivity contribution < 1.29 is 13.9 Å². The van der Waals surface area contributed by atoms with Gasteiger partial charge in [0.05, 0.1) is 7.11 Å². The van der Waals surface area contributed by atoms with Gasteiger partial charge >= 0.3 is 6.01 Å². The molecule has 24 heavy (non-hydrogen) atoms. The number of hydrogen-bond donors (Lipinski definition) is 0. The van der Waals surface area contributed by atoms with E-state index < -0.39 is 0 Å². The number of hydrogen-bond acceptors (Lipinski definition) is 6. The molecule has 0 radical (unpaired) electrons. The van der Waals surface area contributed by atoms with Crippen molar-refractivity contribution in [3.8, 4) is 5.75 Å². The van der Waals surface area contributed by atoms with Gasteiger partial charge in [0.25, 0.3) is 0 Å². The number of carbonyl (C=O) groups is 1. The first-order valence-corrected chi connectivity index (χ1v) is 8.11. The summed E-state index contributed by atoms with van der Waals surface area (Å²) in [6.07, 6.45) is 1.26. The molecule has 1 aliphatic rings. The van der Waals surface area contributed by atoms with Crippen molar-refractivity contribution in [2.45, 2.75) is 19.8 Å². The van der Waals surface area contributed by atoms with Gasteiger partial charge in [0, 0.05) is 39.5 Å². The van der Waals surface area contributed by atoms with E-state index in [1.807, 2.05) is 34.1 Å². The maximum atomic E-state index is 12.4. The normalized spacial score (nSPS) is 14.8. The van der Waals surface area contributed by atoms with Gasteiger partial charge in [-0.05, 0) is 24.1 Å². The molecule has 0 N–H and O–H groups in total. The molecular weight excluding hydrogens is 308 g/mol. The molecule has 0 bridgehead atoms. The van der Waals surface area contributed by atoms with E-state index in [9.17, 15) is 4.79 Å². The minimum Gasteiger partial charge on any atom is -0.497 e. The predicted octanol–water partition coefficient (Wildman–Crippen LogP) is 1.67. The molecule has 0 atom stereocenters. The lowest BCUT2D eigenvalue weighted by atomic mass is 10.1. The third kappa shape index (κ3) is 3.84. The summed E-state index contributed by atoms with van der Waals surface area (Å²) < 4.78 is 10.6. The van der Waals surface area contributed by atoms with Gasteiger partial charge in [0.1, 0.15) is 5.75 Å². The molecule has 7 nitrogen and oxygen atoms in total. The number of piperazine rings is 1. The zero-order valence-corrected chi connectivity index (χ0v) is 14.1. The van der Waals surface area contributed by atoms with Gasteiger partial charge in [-0.15, -0.1) is 5.10 Å². The summed E-state index contributed by atoms with van der Waals surface area (Å²) in [5, 5.41) is 7.87. The Hall–Kier alpha value is -2.57. The Kier molecular flexibility index (Phi) is 4.98. The second-order valence-corrected chi connectivity index (χ2v) is 5.82. The molecule has 0 saturated carbocycles. The van der Waals surface area contributed by atoms with E-state index in [-0.39, 0.29) is 5.91 Å². The monoisotopic (exact) mass is 330 g/mol. The quantitative estimate of drug-likeness (QED) is 0.830. The van der Waals surface area contributed by atoms with Crippen molar-refractivity contribution in [2.24, 2.45) is 0 Å². The van der Waals surface area contributed by atoms with Crippen LogP contribution in [0.2, 0.25) is 0 Å². The highest BCUT2D eigenvalue weighted by Gasteiger charge is 2.23. The van der Waals surface area contributed by atoms with Gasteiger partial charge in [0.15, 0.2) is 0 Å². The molecular formula is C17H22N4O3. The van der Waals surface area contributed by atoms with Gasteiger partial charge in [-0.25, -0.2) is 0 Å². The molecule has 128 valence electrons.